The summed E-state index contributed by atoms with van der Waals surface area (Å²) < 4.78 is 6.86. The number of aromatic nitrogens is 1. The average molecular weight is 234 g/mol. The predicted octanol–water partition coefficient (Wildman–Crippen LogP) is 1.16. The van der Waals surface area contributed by atoms with Gasteiger partial charge in [-0.3, -0.25) is 0 Å². The molecule has 1 aromatic carbocycles. The normalized spacial score (nSPS) is 12.0. The predicted molar refractivity (Wildman–Crippen MR) is 66.6 cm³/mol. The van der Waals surface area contributed by atoms with Crippen molar-refractivity contribution in [2.24, 2.45) is 7.05 Å². The number of aryl methyl sites for hydroxylation is 1. The van der Waals surface area contributed by atoms with Crippen molar-refractivity contribution in [1.82, 2.24) is 0 Å². The first kappa shape index (κ1) is 11.1. The van der Waals surface area contributed by atoms with E-state index in [-0.39, 0.29) is 5.76 Å². The second kappa shape index (κ2) is 3.56. The molecule has 0 amide bonds. The van der Waals surface area contributed by atoms with Gasteiger partial charge in [0.05, 0.1) is 13.5 Å². The van der Waals surface area contributed by atoms with Crippen molar-refractivity contribution in [3.8, 4) is 0 Å². The minimum atomic E-state index is -1.48. The van der Waals surface area contributed by atoms with Crippen molar-refractivity contribution in [1.29, 1.82) is 0 Å². The van der Waals surface area contributed by atoms with E-state index < -0.39 is 8.07 Å². The molecule has 0 fully saturated rings. The van der Waals surface area contributed by atoms with Crippen molar-refractivity contribution in [2.45, 2.75) is 19.6 Å². The van der Waals surface area contributed by atoms with Crippen LogP contribution < -0.4 is 15.5 Å². The van der Waals surface area contributed by atoms with Gasteiger partial charge in [-0.1, -0.05) is 31.8 Å². The minimum Gasteiger partial charge on any atom is -0.372 e. The van der Waals surface area contributed by atoms with E-state index in [2.05, 4.69) is 25.7 Å². The van der Waals surface area contributed by atoms with Gasteiger partial charge in [-0.05, 0) is 11.3 Å². The second-order valence-corrected chi connectivity index (χ2v) is 10.1. The summed E-state index contributed by atoms with van der Waals surface area (Å²) in [6.45, 7) is 6.73. The largest absolute Gasteiger partial charge is 0.601 e. The average Bonchev–Trinajstić information content (AvgIpc) is 2.17. The van der Waals surface area contributed by atoms with E-state index in [1.54, 1.807) is 7.05 Å². The zero-order chi connectivity index (χ0) is 11.9. The third-order valence-electron chi connectivity index (χ3n) is 2.66. The van der Waals surface area contributed by atoms with Crippen LogP contribution in [0.1, 0.15) is 0 Å². The van der Waals surface area contributed by atoms with Gasteiger partial charge < -0.3 is 4.42 Å². The maximum atomic E-state index is 11.5. The van der Waals surface area contributed by atoms with Crippen LogP contribution in [-0.4, -0.2) is 8.07 Å². The fraction of sp³-hybridized carbons (Fsp3) is 0.333. The third-order valence-corrected chi connectivity index (χ3v) is 4.67. The number of rotatable bonds is 1. The molecule has 84 valence electrons. The zero-order valence-electron chi connectivity index (χ0n) is 10.1. The van der Waals surface area contributed by atoms with Gasteiger partial charge in [0, 0.05) is 0 Å². The Kier molecular flexibility index (Phi) is 2.46. The van der Waals surface area contributed by atoms with Crippen molar-refractivity contribution in [3.05, 3.63) is 34.9 Å². The van der Waals surface area contributed by atoms with Gasteiger partial charge in [-0.15, -0.1) is 4.57 Å². The first-order valence-corrected chi connectivity index (χ1v) is 8.82. The first-order valence-electron chi connectivity index (χ1n) is 5.32. The fourth-order valence-electron chi connectivity index (χ4n) is 1.78. The van der Waals surface area contributed by atoms with Crippen LogP contribution in [0.5, 0.6) is 0 Å². The summed E-state index contributed by atoms with van der Waals surface area (Å²) in [7, 11) is 0.221. The topological polar surface area (TPSA) is 34.1 Å². The van der Waals surface area contributed by atoms with Crippen LogP contribution >= 0.6 is 0 Å². The van der Waals surface area contributed by atoms with Gasteiger partial charge in [-0.2, -0.15) is 4.79 Å². The summed E-state index contributed by atoms with van der Waals surface area (Å²) in [5, 5.41) is 2.18. The van der Waals surface area contributed by atoms with E-state index in [1.807, 2.05) is 18.3 Å². The molecule has 16 heavy (non-hydrogen) atoms. The Morgan fingerprint density at radius 3 is 2.56 bits per heavy atom. The van der Waals surface area contributed by atoms with Gasteiger partial charge in [0.2, 0.25) is 0 Å². The Balaban J connectivity index is 2.88. The molecule has 0 atom stereocenters. The molecule has 0 aliphatic rings. The molecular formula is C12H16NO2Si+. The molecule has 2 aromatic rings. The molecule has 1 aromatic heterocycles. The highest BCUT2D eigenvalue weighted by Crippen LogP contribution is 2.12. The number of benzene rings is 1. The van der Waals surface area contributed by atoms with Crippen molar-refractivity contribution < 1.29 is 8.98 Å². The molecule has 0 unspecified atom stereocenters. The maximum Gasteiger partial charge on any atom is 0.601 e. The van der Waals surface area contributed by atoms with E-state index in [1.165, 1.54) is 9.75 Å². The van der Waals surface area contributed by atoms with Crippen LogP contribution in [0.4, 0.5) is 0 Å². The lowest BCUT2D eigenvalue weighted by Gasteiger charge is -2.16. The monoisotopic (exact) mass is 234 g/mol. The van der Waals surface area contributed by atoms with Crippen LogP contribution in [0.15, 0.2) is 33.6 Å². The Morgan fingerprint density at radius 1 is 1.25 bits per heavy atom. The lowest BCUT2D eigenvalue weighted by molar-refractivity contribution is -0.696. The quantitative estimate of drug-likeness (QED) is 0.548. The molecule has 0 radical (unpaired) electrons. The van der Waals surface area contributed by atoms with Crippen molar-refractivity contribution in [3.63, 3.8) is 0 Å². The van der Waals surface area contributed by atoms with E-state index in [0.29, 0.717) is 0 Å². The van der Waals surface area contributed by atoms with E-state index >= 15 is 0 Å². The van der Waals surface area contributed by atoms with E-state index in [4.69, 9.17) is 4.42 Å². The van der Waals surface area contributed by atoms with Crippen LogP contribution in [0, 0.1) is 0 Å². The van der Waals surface area contributed by atoms with E-state index in [0.717, 1.165) is 11.0 Å². The minimum absolute atomic E-state index is 0.307. The number of para-hydroxylation sites is 1. The SMILES string of the molecule is C[n+]1cc2cccc([Si](C)(C)C)c2oc1=O. The summed E-state index contributed by atoms with van der Waals surface area (Å²) in [5.41, 5.74) is 0.754. The second-order valence-electron chi connectivity index (χ2n) is 5.08. The zero-order valence-corrected chi connectivity index (χ0v) is 11.1. The van der Waals surface area contributed by atoms with Gasteiger partial charge >= 0.3 is 5.76 Å². The third kappa shape index (κ3) is 1.80. The number of fused-ring (bicyclic) bond motifs is 1. The standard InChI is InChI=1S/C12H16NO2Si/c1-13-8-9-6-5-7-10(16(2,3)4)11(9)15-12(13)14/h5-8H,1-4H3/q+1. The maximum absolute atomic E-state index is 11.5. The molecule has 0 saturated carbocycles. The van der Waals surface area contributed by atoms with Gasteiger partial charge in [0.1, 0.15) is 12.6 Å². The summed E-state index contributed by atoms with van der Waals surface area (Å²) >= 11 is 0. The Labute approximate surface area is 95.3 Å². The van der Waals surface area contributed by atoms with Crippen LogP contribution in [-0.2, 0) is 7.05 Å². The van der Waals surface area contributed by atoms with Gasteiger partial charge in [0.15, 0.2) is 6.20 Å². The van der Waals surface area contributed by atoms with Gasteiger partial charge in [-0.25, -0.2) is 0 Å². The molecule has 0 saturated heterocycles. The summed E-state index contributed by atoms with van der Waals surface area (Å²) in [4.78, 5) is 11.5. The van der Waals surface area contributed by atoms with Crippen molar-refractivity contribution >= 4 is 24.2 Å². The highest BCUT2D eigenvalue weighted by atomic mass is 28.3. The molecule has 4 heteroatoms. The Hall–Kier alpha value is -1.42. The highest BCUT2D eigenvalue weighted by molar-refractivity contribution is 6.90. The number of hydrogen-bond donors (Lipinski definition) is 0. The molecule has 0 bridgehead atoms. The molecule has 0 spiro atoms. The summed E-state index contributed by atoms with van der Waals surface area (Å²) in [6.07, 6.45) is 1.82. The molecule has 2 rings (SSSR count). The first-order chi connectivity index (χ1) is 7.39. The molecule has 0 N–H and O–H groups in total. The smallest absolute Gasteiger partial charge is 0.372 e. The van der Waals surface area contributed by atoms with Gasteiger partial charge in [0.25, 0.3) is 0 Å². The van der Waals surface area contributed by atoms with Crippen LogP contribution in [0.2, 0.25) is 19.6 Å². The molecule has 0 aliphatic carbocycles. The van der Waals surface area contributed by atoms with Crippen LogP contribution in [0.25, 0.3) is 11.0 Å². The Morgan fingerprint density at radius 2 is 1.94 bits per heavy atom. The van der Waals surface area contributed by atoms with E-state index in [9.17, 15) is 4.79 Å². The number of hydrogen-bond acceptors (Lipinski definition) is 2. The molecule has 1 heterocycles. The lowest BCUT2D eigenvalue weighted by Crippen LogP contribution is -2.46. The van der Waals surface area contributed by atoms with Crippen molar-refractivity contribution in [2.75, 3.05) is 0 Å². The van der Waals surface area contributed by atoms with Crippen LogP contribution in [0.3, 0.4) is 0 Å². The molecular weight excluding hydrogens is 218 g/mol. The molecule has 0 aliphatic heterocycles. The fourth-order valence-corrected chi connectivity index (χ4v) is 3.25. The Bertz CT molecular complexity index is 596. The number of nitrogens with zero attached hydrogens (tertiary/aromatic N) is 1. The highest BCUT2D eigenvalue weighted by Gasteiger charge is 2.22. The molecule has 3 nitrogen and oxygen atoms in total. The lowest BCUT2D eigenvalue weighted by atomic mass is 10.2. The summed E-state index contributed by atoms with van der Waals surface area (Å²) in [5.74, 6) is -0.307. The summed E-state index contributed by atoms with van der Waals surface area (Å²) in [6, 6.07) is 6.06.